The molecule has 0 atom stereocenters. The van der Waals surface area contributed by atoms with Crippen molar-refractivity contribution in [2.24, 2.45) is 0 Å². The predicted octanol–water partition coefficient (Wildman–Crippen LogP) is 1.67. The van der Waals surface area contributed by atoms with Crippen LogP contribution in [0.2, 0.25) is 0 Å². The normalized spacial score (nSPS) is 13.4. The first-order chi connectivity index (χ1) is 19.7. The number of aliphatic carboxylic acids is 1. The summed E-state index contributed by atoms with van der Waals surface area (Å²) in [6.07, 6.45) is -5.08. The number of carbonyl (C=O) groups is 3. The van der Waals surface area contributed by atoms with E-state index in [-0.39, 0.29) is 22.9 Å². The molecule has 2 aromatic rings. The molecule has 12 nitrogen and oxygen atoms in total. The number of likely N-dealkylation sites (N-methyl/N-ethyl adjacent to an activating group) is 1. The Morgan fingerprint density at radius 2 is 1.74 bits per heavy atom. The number of piperazine rings is 1. The van der Waals surface area contributed by atoms with E-state index < -0.39 is 28.1 Å². The van der Waals surface area contributed by atoms with Crippen molar-refractivity contribution < 1.29 is 45.8 Å². The van der Waals surface area contributed by atoms with Gasteiger partial charge in [0.2, 0.25) is 5.91 Å². The topological polar surface area (TPSA) is 157 Å². The lowest BCUT2D eigenvalue weighted by molar-refractivity contribution is -0.192. The fourth-order valence-electron chi connectivity index (χ4n) is 3.85. The molecule has 0 spiro atoms. The molecule has 0 saturated carbocycles. The number of halogens is 3. The van der Waals surface area contributed by atoms with Gasteiger partial charge in [0.25, 0.3) is 15.9 Å². The Morgan fingerprint density at radius 1 is 1.12 bits per heavy atom. The molecule has 0 aromatic heterocycles. The highest BCUT2D eigenvalue weighted by atomic mass is 32.2. The SMILES string of the molecule is COCCNC(=O)CN(C)C(=O)c1ccc(N2CCNCC2)c(NS(=O)(=O)c2ccccc2C)c1.O=C(O)C(F)(F)F. The number of carbonyl (C=O) groups excluding carboxylic acids is 2. The minimum Gasteiger partial charge on any atom is -0.475 e. The van der Waals surface area contributed by atoms with Crippen molar-refractivity contribution in [3.63, 3.8) is 0 Å². The first-order valence-electron chi connectivity index (χ1n) is 12.7. The lowest BCUT2D eigenvalue weighted by atomic mass is 10.1. The fourth-order valence-corrected chi connectivity index (χ4v) is 5.16. The van der Waals surface area contributed by atoms with E-state index in [2.05, 4.69) is 20.3 Å². The number of nitrogens with zero attached hydrogens (tertiary/aromatic N) is 2. The maximum Gasteiger partial charge on any atom is 0.490 e. The second-order valence-electron chi connectivity index (χ2n) is 9.15. The highest BCUT2D eigenvalue weighted by molar-refractivity contribution is 7.92. The molecule has 0 bridgehead atoms. The predicted molar refractivity (Wildman–Crippen MR) is 149 cm³/mol. The number of methoxy groups -OCH3 is 1. The van der Waals surface area contributed by atoms with E-state index >= 15 is 0 Å². The summed E-state index contributed by atoms with van der Waals surface area (Å²) in [5, 5.41) is 13.1. The number of hydrogen-bond donors (Lipinski definition) is 4. The molecule has 1 aliphatic rings. The highest BCUT2D eigenvalue weighted by Gasteiger charge is 2.38. The maximum absolute atomic E-state index is 13.2. The zero-order valence-electron chi connectivity index (χ0n) is 23.3. The van der Waals surface area contributed by atoms with Crippen LogP contribution in [0.5, 0.6) is 0 Å². The first-order valence-corrected chi connectivity index (χ1v) is 14.1. The minimum absolute atomic E-state index is 0.133. The van der Waals surface area contributed by atoms with E-state index in [9.17, 15) is 31.2 Å². The number of ether oxygens (including phenoxy) is 1. The summed E-state index contributed by atoms with van der Waals surface area (Å²) in [4.78, 5) is 37.6. The summed E-state index contributed by atoms with van der Waals surface area (Å²) in [5.74, 6) is -3.46. The third kappa shape index (κ3) is 10.2. The molecular weight excluding hydrogens is 583 g/mol. The van der Waals surface area contributed by atoms with Crippen LogP contribution in [0.1, 0.15) is 15.9 Å². The molecule has 42 heavy (non-hydrogen) atoms. The summed E-state index contributed by atoms with van der Waals surface area (Å²) in [6.45, 7) is 5.27. The molecule has 0 radical (unpaired) electrons. The summed E-state index contributed by atoms with van der Waals surface area (Å²) >= 11 is 0. The molecule has 0 unspecified atom stereocenters. The van der Waals surface area contributed by atoms with Crippen LogP contribution in [0.25, 0.3) is 0 Å². The van der Waals surface area contributed by atoms with Gasteiger partial charge in [0, 0.05) is 52.4 Å². The van der Waals surface area contributed by atoms with Crippen LogP contribution >= 0.6 is 0 Å². The van der Waals surface area contributed by atoms with Gasteiger partial charge in [0.1, 0.15) is 0 Å². The van der Waals surface area contributed by atoms with Gasteiger partial charge in [-0.05, 0) is 36.8 Å². The second kappa shape index (κ2) is 15.4. The van der Waals surface area contributed by atoms with E-state index in [0.29, 0.717) is 43.2 Å². The molecule has 0 aliphatic carbocycles. The highest BCUT2D eigenvalue weighted by Crippen LogP contribution is 2.31. The number of aryl methyl sites for hydroxylation is 1. The Morgan fingerprint density at radius 3 is 2.31 bits per heavy atom. The van der Waals surface area contributed by atoms with E-state index in [1.807, 2.05) is 0 Å². The Bertz CT molecular complexity index is 1350. The van der Waals surface area contributed by atoms with Crippen LogP contribution < -0.4 is 20.3 Å². The number of nitrogens with one attached hydrogen (secondary N) is 3. The lowest BCUT2D eigenvalue weighted by Gasteiger charge is -2.31. The van der Waals surface area contributed by atoms with E-state index in [1.54, 1.807) is 43.3 Å². The van der Waals surface area contributed by atoms with Gasteiger partial charge in [-0.1, -0.05) is 18.2 Å². The molecule has 4 N–H and O–H groups in total. The lowest BCUT2D eigenvalue weighted by Crippen LogP contribution is -2.44. The third-order valence-electron chi connectivity index (χ3n) is 5.93. The molecule has 2 amide bonds. The zero-order chi connectivity index (χ0) is 31.5. The van der Waals surface area contributed by atoms with Gasteiger partial charge in [-0.15, -0.1) is 0 Å². The van der Waals surface area contributed by atoms with Crippen molar-refractivity contribution >= 4 is 39.2 Å². The van der Waals surface area contributed by atoms with Crippen LogP contribution in [-0.2, 0) is 24.3 Å². The van der Waals surface area contributed by atoms with Crippen LogP contribution in [0.4, 0.5) is 24.5 Å². The Labute approximate surface area is 241 Å². The van der Waals surface area contributed by atoms with Crippen molar-refractivity contribution in [2.75, 3.05) is 69.7 Å². The first kappa shape index (κ1) is 34.3. The molecular formula is C26H34F3N5O7S. The summed E-state index contributed by atoms with van der Waals surface area (Å²) < 4.78 is 65.8. The van der Waals surface area contributed by atoms with Crippen molar-refractivity contribution in [3.05, 3.63) is 53.6 Å². The Balaban J connectivity index is 0.000000782. The van der Waals surface area contributed by atoms with Crippen molar-refractivity contribution in [1.82, 2.24) is 15.5 Å². The van der Waals surface area contributed by atoms with Gasteiger partial charge < -0.3 is 30.3 Å². The molecule has 1 saturated heterocycles. The van der Waals surface area contributed by atoms with Gasteiger partial charge in [0.05, 0.1) is 29.4 Å². The van der Waals surface area contributed by atoms with E-state index in [0.717, 1.165) is 13.1 Å². The summed E-state index contributed by atoms with van der Waals surface area (Å²) in [5.41, 5.74) is 1.91. The monoisotopic (exact) mass is 617 g/mol. The molecule has 1 aliphatic heterocycles. The van der Waals surface area contributed by atoms with Crippen LogP contribution in [0.3, 0.4) is 0 Å². The molecule has 232 valence electrons. The number of alkyl halides is 3. The molecule has 1 fully saturated rings. The number of rotatable bonds is 10. The quantitative estimate of drug-likeness (QED) is 0.291. The van der Waals surface area contributed by atoms with Gasteiger partial charge in [-0.3, -0.25) is 14.3 Å². The Hall–Kier alpha value is -3.89. The van der Waals surface area contributed by atoms with E-state index in [1.165, 1.54) is 25.1 Å². The molecule has 2 aromatic carbocycles. The Kier molecular flexibility index (Phi) is 12.6. The number of sulfonamides is 1. The van der Waals surface area contributed by atoms with Crippen molar-refractivity contribution in [3.8, 4) is 0 Å². The number of anilines is 2. The fraction of sp³-hybridized carbons (Fsp3) is 0.423. The number of carboxylic acid groups (broad SMARTS) is 1. The second-order valence-corrected chi connectivity index (χ2v) is 10.8. The van der Waals surface area contributed by atoms with Gasteiger partial charge in [-0.25, -0.2) is 13.2 Å². The maximum atomic E-state index is 13.2. The van der Waals surface area contributed by atoms with Gasteiger partial charge in [0.15, 0.2) is 0 Å². The minimum atomic E-state index is -5.08. The standard InChI is InChI=1S/C24H33N5O5S.C2HF3O2/c1-18-6-4-5-7-22(18)35(32,33)27-20-16-19(8-9-21(20)29-13-10-25-11-14-29)24(31)28(2)17-23(30)26-12-15-34-3;3-2(4,5)1(6)7/h4-9,16,25,27H,10-15,17H2,1-3H3,(H,26,30);(H,6,7). The molecule has 3 rings (SSSR count). The summed E-state index contributed by atoms with van der Waals surface area (Å²) in [6, 6.07) is 11.7. The average molecular weight is 618 g/mol. The van der Waals surface area contributed by atoms with Crippen LogP contribution in [0, 0.1) is 6.92 Å². The van der Waals surface area contributed by atoms with Crippen LogP contribution in [0.15, 0.2) is 47.4 Å². The smallest absolute Gasteiger partial charge is 0.475 e. The van der Waals surface area contributed by atoms with Crippen molar-refractivity contribution in [1.29, 1.82) is 0 Å². The molecule has 16 heteroatoms. The largest absolute Gasteiger partial charge is 0.490 e. The molecule has 1 heterocycles. The average Bonchev–Trinajstić information content (AvgIpc) is 2.93. The number of carboxylic acids is 1. The zero-order valence-corrected chi connectivity index (χ0v) is 24.1. The number of hydrogen-bond acceptors (Lipinski definition) is 8. The van der Waals surface area contributed by atoms with Crippen molar-refractivity contribution in [2.45, 2.75) is 18.0 Å². The van der Waals surface area contributed by atoms with Gasteiger partial charge >= 0.3 is 12.1 Å². The number of benzene rings is 2. The third-order valence-corrected chi connectivity index (χ3v) is 7.45. The summed E-state index contributed by atoms with van der Waals surface area (Å²) in [7, 11) is -0.827. The van der Waals surface area contributed by atoms with Crippen LogP contribution in [-0.4, -0.2) is 102 Å². The number of amides is 2. The van der Waals surface area contributed by atoms with Gasteiger partial charge in [-0.2, -0.15) is 13.2 Å². The van der Waals surface area contributed by atoms with E-state index in [4.69, 9.17) is 14.6 Å².